The van der Waals surface area contributed by atoms with E-state index in [1.165, 1.54) is 53.4 Å². The van der Waals surface area contributed by atoms with E-state index in [1.54, 1.807) is 5.56 Å². The molecule has 126 valence electrons. The zero-order chi connectivity index (χ0) is 16.9. The molecule has 0 fully saturated rings. The predicted molar refractivity (Wildman–Crippen MR) is 112 cm³/mol. The first-order chi connectivity index (χ1) is 11.7. The summed E-state index contributed by atoms with van der Waals surface area (Å²) in [6.07, 6.45) is 5.20. The van der Waals surface area contributed by atoms with Gasteiger partial charge in [0.15, 0.2) is 0 Å². The molecule has 1 atom stereocenters. The van der Waals surface area contributed by atoms with Gasteiger partial charge in [-0.3, -0.25) is 3.53 Å². The molecule has 2 aromatic carbocycles. The number of nitrogens with one attached hydrogen (secondary N) is 2. The molecule has 0 radical (unpaired) electrons. The second-order valence-electron chi connectivity index (χ2n) is 6.58. The van der Waals surface area contributed by atoms with Crippen molar-refractivity contribution in [1.29, 1.82) is 0 Å². The highest BCUT2D eigenvalue weighted by Gasteiger charge is 2.14. The molecule has 1 unspecified atom stereocenters. The van der Waals surface area contributed by atoms with Gasteiger partial charge in [-0.2, -0.15) is 0 Å². The second kappa shape index (κ2) is 8.17. The summed E-state index contributed by atoms with van der Waals surface area (Å²) >= 11 is 2.17. The first kappa shape index (κ1) is 17.5. The molecule has 3 aromatic rings. The number of hydrogen-bond acceptors (Lipinski definition) is 1. The van der Waals surface area contributed by atoms with E-state index in [-0.39, 0.29) is 0 Å². The minimum absolute atomic E-state index is 0.446. The van der Waals surface area contributed by atoms with Gasteiger partial charge in [-0.1, -0.05) is 42.0 Å². The number of hydrogen-bond donors (Lipinski definition) is 2. The number of aromatic nitrogens is 1. The second-order valence-corrected chi connectivity index (χ2v) is 7.20. The highest BCUT2D eigenvalue weighted by molar-refractivity contribution is 14.1. The van der Waals surface area contributed by atoms with Crippen LogP contribution < -0.4 is 3.53 Å². The summed E-state index contributed by atoms with van der Waals surface area (Å²) in [7, 11) is 0. The highest BCUT2D eigenvalue weighted by atomic mass is 127. The van der Waals surface area contributed by atoms with E-state index in [9.17, 15) is 0 Å². The molecule has 0 amide bonds. The van der Waals surface area contributed by atoms with E-state index < -0.39 is 0 Å². The number of rotatable bonds is 2. The third kappa shape index (κ3) is 4.01. The van der Waals surface area contributed by atoms with Crippen molar-refractivity contribution >= 4 is 33.8 Å². The summed E-state index contributed by atoms with van der Waals surface area (Å²) in [5, 5.41) is 1.46. The minimum Gasteiger partial charge on any atom is -0.358 e. The Balaban J connectivity index is 0.000000150. The summed E-state index contributed by atoms with van der Waals surface area (Å²) in [6.45, 7) is 4.31. The van der Waals surface area contributed by atoms with Gasteiger partial charge in [0.05, 0.1) is 0 Å². The first-order valence-electron chi connectivity index (χ1n) is 8.70. The molecule has 3 heteroatoms. The smallest absolute Gasteiger partial charge is 0.0459 e. The number of halogens is 1. The standard InChI is InChI=1S/C13H15N.C8H10IN/c1-9-6-7-13-11(8-9)10-4-2-3-5-12(10)14-13;1-7(10-9)8-5-3-2-4-6-8/h6-8,14H,2-5H2,1H3;2-7,10H,1H3. The summed E-state index contributed by atoms with van der Waals surface area (Å²) in [5.74, 6) is 0. The minimum atomic E-state index is 0.446. The quantitative estimate of drug-likeness (QED) is 0.375. The zero-order valence-corrected chi connectivity index (χ0v) is 16.6. The van der Waals surface area contributed by atoms with Gasteiger partial charge in [-0.25, -0.2) is 0 Å². The molecule has 0 saturated heterocycles. The van der Waals surface area contributed by atoms with Gasteiger partial charge in [0.2, 0.25) is 0 Å². The van der Waals surface area contributed by atoms with Crippen molar-refractivity contribution < 1.29 is 0 Å². The largest absolute Gasteiger partial charge is 0.358 e. The molecule has 1 aliphatic rings. The zero-order valence-electron chi connectivity index (χ0n) is 14.4. The van der Waals surface area contributed by atoms with Crippen molar-refractivity contribution in [3.05, 3.63) is 70.9 Å². The maximum atomic E-state index is 3.54. The van der Waals surface area contributed by atoms with Crippen molar-refractivity contribution in [2.75, 3.05) is 0 Å². The molecule has 1 aliphatic carbocycles. The Morgan fingerprint density at radius 1 is 1.04 bits per heavy atom. The van der Waals surface area contributed by atoms with Gasteiger partial charge >= 0.3 is 0 Å². The van der Waals surface area contributed by atoms with Crippen LogP contribution in [0.15, 0.2) is 48.5 Å². The Morgan fingerprint density at radius 3 is 2.54 bits per heavy atom. The maximum absolute atomic E-state index is 3.54. The van der Waals surface area contributed by atoms with Crippen LogP contribution in [0.25, 0.3) is 10.9 Å². The van der Waals surface area contributed by atoms with E-state index in [0.717, 1.165) is 0 Å². The van der Waals surface area contributed by atoms with Crippen LogP contribution in [0.3, 0.4) is 0 Å². The van der Waals surface area contributed by atoms with Crippen LogP contribution in [-0.4, -0.2) is 4.98 Å². The molecular weight excluding hydrogens is 407 g/mol. The van der Waals surface area contributed by atoms with E-state index >= 15 is 0 Å². The van der Waals surface area contributed by atoms with Gasteiger partial charge in [0.1, 0.15) is 0 Å². The van der Waals surface area contributed by atoms with Crippen molar-refractivity contribution in [2.24, 2.45) is 0 Å². The van der Waals surface area contributed by atoms with Crippen LogP contribution in [0.1, 0.15) is 48.2 Å². The van der Waals surface area contributed by atoms with Crippen LogP contribution in [0.5, 0.6) is 0 Å². The Morgan fingerprint density at radius 2 is 1.79 bits per heavy atom. The molecule has 0 bridgehead atoms. The molecule has 2 nitrogen and oxygen atoms in total. The molecule has 0 aliphatic heterocycles. The average molecular weight is 432 g/mol. The Hall–Kier alpha value is -1.33. The fourth-order valence-electron chi connectivity index (χ4n) is 3.32. The molecule has 1 aromatic heterocycles. The van der Waals surface area contributed by atoms with Crippen LogP contribution in [0.4, 0.5) is 0 Å². The molecule has 0 spiro atoms. The van der Waals surface area contributed by atoms with Crippen molar-refractivity contribution in [3.8, 4) is 0 Å². The summed E-state index contributed by atoms with van der Waals surface area (Å²) in [4.78, 5) is 3.54. The summed E-state index contributed by atoms with van der Waals surface area (Å²) in [6, 6.07) is 17.5. The molecular formula is C21H25IN2. The van der Waals surface area contributed by atoms with Gasteiger partial charge in [0.25, 0.3) is 0 Å². The number of benzene rings is 2. The number of H-pyrrole nitrogens is 1. The average Bonchev–Trinajstić information content (AvgIpc) is 3.00. The van der Waals surface area contributed by atoms with E-state index in [0.29, 0.717) is 6.04 Å². The van der Waals surface area contributed by atoms with E-state index in [1.807, 2.05) is 6.07 Å². The van der Waals surface area contributed by atoms with Gasteiger partial charge in [-0.05, 0) is 62.8 Å². The molecule has 4 rings (SSSR count). The lowest BCUT2D eigenvalue weighted by atomic mass is 9.95. The summed E-state index contributed by atoms with van der Waals surface area (Å²) in [5.41, 5.74) is 7.08. The molecule has 0 saturated carbocycles. The normalized spacial score (nSPS) is 14.6. The molecule has 2 N–H and O–H groups in total. The third-order valence-corrected chi connectivity index (χ3v) is 5.65. The topological polar surface area (TPSA) is 27.8 Å². The molecule has 24 heavy (non-hydrogen) atoms. The first-order valence-corrected chi connectivity index (χ1v) is 9.78. The van der Waals surface area contributed by atoms with Crippen molar-refractivity contribution in [2.45, 2.75) is 45.6 Å². The van der Waals surface area contributed by atoms with Gasteiger partial charge < -0.3 is 4.98 Å². The predicted octanol–water partition coefficient (Wildman–Crippen LogP) is 6.04. The monoisotopic (exact) mass is 432 g/mol. The van der Waals surface area contributed by atoms with Crippen LogP contribution in [-0.2, 0) is 12.8 Å². The maximum Gasteiger partial charge on any atom is 0.0459 e. The van der Waals surface area contributed by atoms with E-state index in [4.69, 9.17) is 0 Å². The van der Waals surface area contributed by atoms with Crippen LogP contribution in [0.2, 0.25) is 0 Å². The van der Waals surface area contributed by atoms with Crippen molar-refractivity contribution in [3.63, 3.8) is 0 Å². The van der Waals surface area contributed by atoms with Crippen LogP contribution in [0, 0.1) is 6.92 Å². The SMILES string of the molecule is CC(NI)c1ccccc1.Cc1ccc2[nH]c3c(c2c1)CCCC3. The van der Waals surface area contributed by atoms with Gasteiger partial charge in [0, 0.05) is 45.5 Å². The fourth-order valence-corrected chi connectivity index (χ4v) is 3.68. The Kier molecular flexibility index (Phi) is 5.95. The number of aryl methyl sites for hydroxylation is 3. The highest BCUT2D eigenvalue weighted by Crippen LogP contribution is 2.29. The lowest BCUT2D eigenvalue weighted by molar-refractivity contribution is 0.680. The number of aromatic amines is 1. The lowest BCUT2D eigenvalue weighted by Crippen LogP contribution is -2.04. The third-order valence-electron chi connectivity index (χ3n) is 4.72. The Labute approximate surface area is 158 Å². The van der Waals surface area contributed by atoms with Crippen LogP contribution >= 0.6 is 22.9 Å². The lowest BCUT2D eigenvalue weighted by Gasteiger charge is -2.10. The fraction of sp³-hybridized carbons (Fsp3) is 0.333. The summed E-state index contributed by atoms with van der Waals surface area (Å²) < 4.78 is 3.15. The Bertz CT molecular complexity index is 792. The number of fused-ring (bicyclic) bond motifs is 3. The van der Waals surface area contributed by atoms with Gasteiger partial charge in [-0.15, -0.1) is 0 Å². The van der Waals surface area contributed by atoms with Crippen molar-refractivity contribution in [1.82, 2.24) is 8.51 Å². The molecule has 1 heterocycles. The van der Waals surface area contributed by atoms with E-state index in [2.05, 4.69) is 87.7 Å².